The molecule has 140 valence electrons. The van der Waals surface area contributed by atoms with Crippen LogP contribution >= 0.6 is 15.9 Å². The summed E-state index contributed by atoms with van der Waals surface area (Å²) < 4.78 is 6.28. The summed E-state index contributed by atoms with van der Waals surface area (Å²) in [6.45, 7) is 4.44. The van der Waals surface area contributed by atoms with Crippen LogP contribution < -0.4 is 10.1 Å². The van der Waals surface area contributed by atoms with Crippen molar-refractivity contribution in [3.8, 4) is 11.6 Å². The maximum atomic E-state index is 12.0. The van der Waals surface area contributed by atoms with Gasteiger partial charge in [0, 0.05) is 15.5 Å². The summed E-state index contributed by atoms with van der Waals surface area (Å²) in [5, 5.41) is 21.4. The lowest BCUT2D eigenvalue weighted by molar-refractivity contribution is -0.116. The quantitative estimate of drug-likeness (QED) is 0.475. The van der Waals surface area contributed by atoms with Crippen LogP contribution in [0.3, 0.4) is 0 Å². The van der Waals surface area contributed by atoms with Crippen molar-refractivity contribution < 1.29 is 14.6 Å². The molecule has 0 unspecified atom stereocenters. The zero-order valence-electron chi connectivity index (χ0n) is 14.9. The van der Waals surface area contributed by atoms with E-state index >= 15 is 0 Å². The second-order valence-electron chi connectivity index (χ2n) is 5.87. The number of aromatic nitrogens is 1. The summed E-state index contributed by atoms with van der Waals surface area (Å²) in [5.41, 5.74) is 2.72. The Bertz CT molecular complexity index is 996. The number of ether oxygens (including phenoxy) is 1. The Hall–Kier alpha value is -2.87. The summed E-state index contributed by atoms with van der Waals surface area (Å²) in [4.78, 5) is 14.8. The van der Waals surface area contributed by atoms with E-state index in [1.54, 1.807) is 0 Å². The molecule has 0 aliphatic heterocycles. The fourth-order valence-corrected chi connectivity index (χ4v) is 2.89. The van der Waals surface area contributed by atoms with E-state index in [-0.39, 0.29) is 18.1 Å². The number of carbonyl (C=O) groups excluding carboxylic acids is 1. The first kappa shape index (κ1) is 18.9. The van der Waals surface area contributed by atoms with Crippen LogP contribution in [0.5, 0.6) is 11.6 Å². The second-order valence-corrected chi connectivity index (χ2v) is 6.73. The van der Waals surface area contributed by atoms with Crippen LogP contribution in [0.1, 0.15) is 12.5 Å². The second kappa shape index (κ2) is 8.22. The highest BCUT2D eigenvalue weighted by Crippen LogP contribution is 2.37. The lowest BCUT2D eigenvalue weighted by Gasteiger charge is -2.06. The molecule has 3 aromatic rings. The fourth-order valence-electron chi connectivity index (χ4n) is 2.55. The van der Waals surface area contributed by atoms with E-state index in [1.807, 2.05) is 50.2 Å². The van der Waals surface area contributed by atoms with Crippen molar-refractivity contribution in [3.63, 3.8) is 0 Å². The van der Waals surface area contributed by atoms with Crippen LogP contribution in [-0.2, 0) is 4.79 Å². The van der Waals surface area contributed by atoms with Crippen molar-refractivity contribution in [2.24, 2.45) is 10.2 Å². The number of rotatable bonds is 6. The Morgan fingerprint density at radius 1 is 1.30 bits per heavy atom. The maximum Gasteiger partial charge on any atom is 0.283 e. The van der Waals surface area contributed by atoms with Crippen LogP contribution in [0, 0.1) is 6.92 Å². The highest BCUT2D eigenvalue weighted by Gasteiger charge is 2.12. The lowest BCUT2D eigenvalue weighted by Crippen LogP contribution is -2.10. The number of carbonyl (C=O) groups is 1. The van der Waals surface area contributed by atoms with Crippen molar-refractivity contribution >= 4 is 44.1 Å². The Labute approximate surface area is 164 Å². The van der Waals surface area contributed by atoms with Gasteiger partial charge < -0.3 is 20.1 Å². The zero-order valence-corrected chi connectivity index (χ0v) is 16.5. The summed E-state index contributed by atoms with van der Waals surface area (Å²) in [6.07, 6.45) is 0. The molecule has 0 aliphatic rings. The predicted octanol–water partition coefficient (Wildman–Crippen LogP) is 5.07. The SMILES string of the molecule is CCOc1ccc(NCC(=O)N=Nc2c(O)[nH]c3cc(Br)c(C)cc23)cc1. The van der Waals surface area contributed by atoms with Crippen molar-refractivity contribution in [1.82, 2.24) is 4.98 Å². The highest BCUT2D eigenvalue weighted by atomic mass is 79.9. The van der Waals surface area contributed by atoms with Gasteiger partial charge in [0.15, 0.2) is 5.69 Å². The third kappa shape index (κ3) is 4.46. The molecule has 0 radical (unpaired) electrons. The molecule has 2 aromatic carbocycles. The number of aromatic hydroxyl groups is 1. The van der Waals surface area contributed by atoms with Crippen molar-refractivity contribution in [2.45, 2.75) is 13.8 Å². The Balaban J connectivity index is 1.67. The summed E-state index contributed by atoms with van der Waals surface area (Å²) in [5.74, 6) is 0.191. The van der Waals surface area contributed by atoms with Crippen LogP contribution in [0.25, 0.3) is 10.9 Å². The standard InChI is InChI=1S/C19H19BrN4O3/c1-3-27-13-6-4-12(5-7-13)21-10-17(25)23-24-18-14-8-11(2)15(20)9-16(14)22-19(18)26/h4-9,21-22,26H,3,10H2,1-2H3. The number of nitrogens with zero attached hydrogens (tertiary/aromatic N) is 2. The van der Waals surface area contributed by atoms with Gasteiger partial charge >= 0.3 is 0 Å². The minimum Gasteiger partial charge on any atom is -0.494 e. The average molecular weight is 431 g/mol. The molecule has 0 bridgehead atoms. The predicted molar refractivity (Wildman–Crippen MR) is 108 cm³/mol. The first-order valence-electron chi connectivity index (χ1n) is 8.40. The molecule has 0 saturated carbocycles. The molecule has 3 rings (SSSR count). The summed E-state index contributed by atoms with van der Waals surface area (Å²) in [6, 6.07) is 11.0. The summed E-state index contributed by atoms with van der Waals surface area (Å²) in [7, 11) is 0. The molecular weight excluding hydrogens is 412 g/mol. The minimum absolute atomic E-state index is 0.00876. The van der Waals surface area contributed by atoms with Crippen molar-refractivity contribution in [2.75, 3.05) is 18.5 Å². The van der Waals surface area contributed by atoms with E-state index < -0.39 is 5.91 Å². The van der Waals surface area contributed by atoms with Gasteiger partial charge in [-0.3, -0.25) is 4.79 Å². The van der Waals surface area contributed by atoms with Crippen molar-refractivity contribution in [1.29, 1.82) is 0 Å². The van der Waals surface area contributed by atoms with Gasteiger partial charge in [-0.1, -0.05) is 15.9 Å². The number of benzene rings is 2. The number of nitrogens with one attached hydrogen (secondary N) is 2. The van der Waals surface area contributed by atoms with E-state index in [1.165, 1.54) is 0 Å². The largest absolute Gasteiger partial charge is 0.494 e. The topological polar surface area (TPSA) is 99.1 Å². The number of halogens is 1. The van der Waals surface area contributed by atoms with E-state index in [4.69, 9.17) is 4.74 Å². The Morgan fingerprint density at radius 3 is 2.74 bits per heavy atom. The van der Waals surface area contributed by atoms with E-state index in [0.29, 0.717) is 17.5 Å². The molecule has 0 aliphatic carbocycles. The molecule has 0 spiro atoms. The van der Waals surface area contributed by atoms with Gasteiger partial charge in [-0.25, -0.2) is 0 Å². The normalized spacial score (nSPS) is 11.2. The Morgan fingerprint density at radius 2 is 2.04 bits per heavy atom. The number of hydrogen-bond donors (Lipinski definition) is 3. The third-order valence-corrected chi connectivity index (χ3v) is 4.76. The average Bonchev–Trinajstić information content (AvgIpc) is 2.94. The van der Waals surface area contributed by atoms with Crippen molar-refractivity contribution in [3.05, 3.63) is 46.4 Å². The smallest absolute Gasteiger partial charge is 0.283 e. The number of fused-ring (bicyclic) bond motifs is 1. The van der Waals surface area contributed by atoms with Crippen LogP contribution in [-0.4, -0.2) is 29.1 Å². The van der Waals surface area contributed by atoms with Crippen LogP contribution in [0.2, 0.25) is 0 Å². The van der Waals surface area contributed by atoms with Gasteiger partial charge in [0.2, 0.25) is 5.88 Å². The van der Waals surface area contributed by atoms with Crippen LogP contribution in [0.4, 0.5) is 11.4 Å². The number of azo groups is 1. The monoisotopic (exact) mass is 430 g/mol. The van der Waals surface area contributed by atoms with E-state index in [0.717, 1.165) is 21.5 Å². The number of H-pyrrole nitrogens is 1. The molecule has 0 fully saturated rings. The number of aromatic amines is 1. The Kier molecular flexibility index (Phi) is 5.75. The first-order valence-corrected chi connectivity index (χ1v) is 9.19. The molecule has 1 aromatic heterocycles. The van der Waals surface area contributed by atoms with Gasteiger partial charge in [0.25, 0.3) is 5.91 Å². The van der Waals surface area contributed by atoms with Gasteiger partial charge in [0.1, 0.15) is 5.75 Å². The van der Waals surface area contributed by atoms with Crippen LogP contribution in [0.15, 0.2) is 51.1 Å². The molecule has 0 atom stereocenters. The molecule has 3 N–H and O–H groups in total. The van der Waals surface area contributed by atoms with Gasteiger partial charge in [0.05, 0.1) is 18.7 Å². The lowest BCUT2D eigenvalue weighted by atomic mass is 10.1. The maximum absolute atomic E-state index is 12.0. The minimum atomic E-state index is -0.452. The molecule has 1 heterocycles. The number of amides is 1. The molecule has 0 saturated heterocycles. The number of hydrogen-bond acceptors (Lipinski definition) is 5. The third-order valence-electron chi connectivity index (χ3n) is 3.90. The summed E-state index contributed by atoms with van der Waals surface area (Å²) >= 11 is 3.44. The first-order chi connectivity index (χ1) is 13.0. The van der Waals surface area contributed by atoms with Gasteiger partial charge in [-0.2, -0.15) is 0 Å². The van der Waals surface area contributed by atoms with E-state index in [9.17, 15) is 9.90 Å². The number of anilines is 1. The fraction of sp³-hybridized carbons (Fsp3) is 0.211. The van der Waals surface area contributed by atoms with E-state index in [2.05, 4.69) is 36.5 Å². The molecule has 27 heavy (non-hydrogen) atoms. The highest BCUT2D eigenvalue weighted by molar-refractivity contribution is 9.10. The molecule has 1 amide bonds. The van der Waals surface area contributed by atoms with Gasteiger partial charge in [-0.15, -0.1) is 10.2 Å². The van der Waals surface area contributed by atoms with Gasteiger partial charge in [-0.05, 0) is 55.8 Å². The molecule has 7 nitrogen and oxygen atoms in total. The molecule has 8 heteroatoms. The molecular formula is C19H19BrN4O3. The zero-order chi connectivity index (χ0) is 19.4. The number of aryl methyl sites for hydroxylation is 1.